The lowest BCUT2D eigenvalue weighted by atomic mass is 9.96. The summed E-state index contributed by atoms with van der Waals surface area (Å²) in [5.74, 6) is 2.24. The van der Waals surface area contributed by atoms with Gasteiger partial charge in [-0.2, -0.15) is 4.98 Å². The maximum Gasteiger partial charge on any atom is 0.338 e. The normalized spacial score (nSPS) is 15.1. The quantitative estimate of drug-likeness (QED) is 0.558. The van der Waals surface area contributed by atoms with Gasteiger partial charge in [-0.25, -0.2) is 9.48 Å². The summed E-state index contributed by atoms with van der Waals surface area (Å²) in [6.45, 7) is 6.47. The minimum atomic E-state index is -0.486. The smallest absolute Gasteiger partial charge is 0.338 e. The number of fused-ring (bicyclic) bond motifs is 1. The predicted molar refractivity (Wildman–Crippen MR) is 121 cm³/mol. The molecule has 166 valence electrons. The summed E-state index contributed by atoms with van der Waals surface area (Å²) in [6, 6.07) is 14.7. The second-order valence-electron chi connectivity index (χ2n) is 7.22. The molecule has 0 saturated carbocycles. The van der Waals surface area contributed by atoms with E-state index in [0.29, 0.717) is 29.6 Å². The van der Waals surface area contributed by atoms with Gasteiger partial charge in [-0.05, 0) is 62.7 Å². The maximum atomic E-state index is 12.9. The zero-order chi connectivity index (χ0) is 22.7. The molecule has 1 aromatic heterocycles. The van der Waals surface area contributed by atoms with Gasteiger partial charge in [0, 0.05) is 11.3 Å². The number of carbonyl (C=O) groups is 1. The molecule has 0 aliphatic carbocycles. The Bertz CT molecular complexity index is 1130. The molecule has 8 nitrogen and oxygen atoms in total. The molecule has 2 aromatic carbocycles. The highest BCUT2D eigenvalue weighted by atomic mass is 16.5. The minimum absolute atomic E-state index is 0.284. The fourth-order valence-corrected chi connectivity index (χ4v) is 3.71. The summed E-state index contributed by atoms with van der Waals surface area (Å²) >= 11 is 0. The van der Waals surface area contributed by atoms with Gasteiger partial charge in [-0.15, -0.1) is 5.10 Å². The van der Waals surface area contributed by atoms with E-state index in [1.165, 1.54) is 0 Å². The van der Waals surface area contributed by atoms with E-state index in [0.717, 1.165) is 22.6 Å². The Morgan fingerprint density at radius 1 is 1.03 bits per heavy atom. The summed E-state index contributed by atoms with van der Waals surface area (Å²) in [6.07, 6.45) is 0. The molecule has 1 N–H and O–H groups in total. The Balaban J connectivity index is 1.78. The van der Waals surface area contributed by atoms with Crippen LogP contribution in [0.4, 0.5) is 5.95 Å². The number of nitrogens with zero attached hydrogens (tertiary/aromatic N) is 3. The van der Waals surface area contributed by atoms with Crippen LogP contribution in [0.15, 0.2) is 59.8 Å². The Labute approximate surface area is 186 Å². The van der Waals surface area contributed by atoms with E-state index in [4.69, 9.17) is 19.3 Å². The summed E-state index contributed by atoms with van der Waals surface area (Å²) in [4.78, 5) is 17.6. The van der Waals surface area contributed by atoms with Crippen molar-refractivity contribution in [3.8, 4) is 22.9 Å². The summed E-state index contributed by atoms with van der Waals surface area (Å²) in [7, 11) is 1.62. The summed E-state index contributed by atoms with van der Waals surface area (Å²) < 4.78 is 17.9. The molecule has 1 unspecified atom stereocenters. The molecular formula is C24H26N4O4. The predicted octanol–water partition coefficient (Wildman–Crippen LogP) is 4.20. The van der Waals surface area contributed by atoms with Crippen LogP contribution in [-0.2, 0) is 9.53 Å². The van der Waals surface area contributed by atoms with E-state index in [-0.39, 0.29) is 12.6 Å². The van der Waals surface area contributed by atoms with Crippen LogP contribution in [0, 0.1) is 0 Å². The van der Waals surface area contributed by atoms with Crippen LogP contribution in [0.5, 0.6) is 11.5 Å². The fraction of sp³-hybridized carbons (Fsp3) is 0.292. The Morgan fingerprint density at radius 2 is 1.72 bits per heavy atom. The van der Waals surface area contributed by atoms with E-state index in [2.05, 4.69) is 10.3 Å². The van der Waals surface area contributed by atoms with E-state index in [1.807, 2.05) is 62.4 Å². The second kappa shape index (κ2) is 9.13. The van der Waals surface area contributed by atoms with Crippen molar-refractivity contribution in [2.24, 2.45) is 0 Å². The molecule has 3 aromatic rings. The SMILES string of the molecule is CCOC(=O)C1=C(C)Nc2nc(-c3ccc(OCC)cc3)nn2C1c1ccc(OC)cc1. The van der Waals surface area contributed by atoms with Crippen molar-refractivity contribution < 1.29 is 19.0 Å². The van der Waals surface area contributed by atoms with Gasteiger partial charge in [0.15, 0.2) is 5.82 Å². The van der Waals surface area contributed by atoms with Crippen molar-refractivity contribution in [1.82, 2.24) is 14.8 Å². The number of allylic oxidation sites excluding steroid dienone is 1. The van der Waals surface area contributed by atoms with E-state index in [9.17, 15) is 4.79 Å². The van der Waals surface area contributed by atoms with Crippen LogP contribution in [-0.4, -0.2) is 41.1 Å². The number of aromatic nitrogens is 3. The van der Waals surface area contributed by atoms with Gasteiger partial charge in [0.1, 0.15) is 17.5 Å². The third-order valence-corrected chi connectivity index (χ3v) is 5.20. The van der Waals surface area contributed by atoms with E-state index in [1.54, 1.807) is 18.7 Å². The Kier molecular flexibility index (Phi) is 6.11. The molecule has 1 aliphatic rings. The van der Waals surface area contributed by atoms with Crippen LogP contribution < -0.4 is 14.8 Å². The highest BCUT2D eigenvalue weighted by Crippen LogP contribution is 2.37. The number of nitrogens with one attached hydrogen (secondary N) is 1. The molecule has 8 heteroatoms. The van der Waals surface area contributed by atoms with Gasteiger partial charge in [-0.3, -0.25) is 0 Å². The first-order valence-electron chi connectivity index (χ1n) is 10.5. The summed E-state index contributed by atoms with van der Waals surface area (Å²) in [5.41, 5.74) is 2.90. The lowest BCUT2D eigenvalue weighted by molar-refractivity contribution is -0.139. The molecule has 4 rings (SSSR count). The minimum Gasteiger partial charge on any atom is -0.497 e. The second-order valence-corrected chi connectivity index (χ2v) is 7.22. The standard InChI is InChI=1S/C24H26N4O4/c1-5-31-19-13-9-17(10-14-19)22-26-24-25-15(3)20(23(29)32-6-2)21(28(24)27-22)16-7-11-18(30-4)12-8-16/h7-14,21H,5-6H2,1-4H3,(H,25,26,27). The fourth-order valence-electron chi connectivity index (χ4n) is 3.71. The zero-order valence-electron chi connectivity index (χ0n) is 18.6. The Hall–Kier alpha value is -3.81. The molecule has 0 bridgehead atoms. The first kappa shape index (κ1) is 21.4. The van der Waals surface area contributed by atoms with Crippen molar-refractivity contribution in [1.29, 1.82) is 0 Å². The number of hydrogen-bond donors (Lipinski definition) is 1. The van der Waals surface area contributed by atoms with Gasteiger partial charge in [0.2, 0.25) is 5.95 Å². The molecule has 1 aliphatic heterocycles. The highest BCUT2D eigenvalue weighted by molar-refractivity contribution is 5.92. The van der Waals surface area contributed by atoms with Crippen molar-refractivity contribution in [2.45, 2.75) is 26.8 Å². The average Bonchev–Trinajstić information content (AvgIpc) is 3.22. The van der Waals surface area contributed by atoms with Crippen LogP contribution >= 0.6 is 0 Å². The van der Waals surface area contributed by atoms with Crippen molar-refractivity contribution in [3.63, 3.8) is 0 Å². The molecule has 0 fully saturated rings. The van der Waals surface area contributed by atoms with E-state index >= 15 is 0 Å². The molecular weight excluding hydrogens is 408 g/mol. The zero-order valence-corrected chi connectivity index (χ0v) is 18.6. The number of ether oxygens (including phenoxy) is 3. The first-order valence-corrected chi connectivity index (χ1v) is 10.5. The first-order chi connectivity index (χ1) is 15.5. The molecule has 0 amide bonds. The number of benzene rings is 2. The monoisotopic (exact) mass is 434 g/mol. The lowest BCUT2D eigenvalue weighted by Crippen LogP contribution is -2.29. The van der Waals surface area contributed by atoms with Crippen LogP contribution in [0.2, 0.25) is 0 Å². The van der Waals surface area contributed by atoms with E-state index < -0.39 is 6.04 Å². The van der Waals surface area contributed by atoms with Crippen LogP contribution in [0.1, 0.15) is 32.4 Å². The van der Waals surface area contributed by atoms with Gasteiger partial charge in [-0.1, -0.05) is 12.1 Å². The molecule has 32 heavy (non-hydrogen) atoms. The van der Waals surface area contributed by atoms with Gasteiger partial charge >= 0.3 is 5.97 Å². The van der Waals surface area contributed by atoms with Crippen molar-refractivity contribution in [3.05, 3.63) is 65.4 Å². The summed E-state index contributed by atoms with van der Waals surface area (Å²) in [5, 5.41) is 7.97. The van der Waals surface area contributed by atoms with Crippen molar-refractivity contribution in [2.75, 3.05) is 25.6 Å². The molecule has 0 spiro atoms. The molecule has 0 saturated heterocycles. The third kappa shape index (κ3) is 4.03. The highest BCUT2D eigenvalue weighted by Gasteiger charge is 2.35. The average molecular weight is 434 g/mol. The Morgan fingerprint density at radius 3 is 2.34 bits per heavy atom. The van der Waals surface area contributed by atoms with Crippen LogP contribution in [0.25, 0.3) is 11.4 Å². The number of anilines is 1. The van der Waals surface area contributed by atoms with Crippen LogP contribution in [0.3, 0.4) is 0 Å². The molecule has 2 heterocycles. The van der Waals surface area contributed by atoms with Gasteiger partial charge in [0.05, 0.1) is 25.9 Å². The topological polar surface area (TPSA) is 87.5 Å². The maximum absolute atomic E-state index is 12.9. The number of hydrogen-bond acceptors (Lipinski definition) is 7. The number of carbonyl (C=O) groups excluding carboxylic acids is 1. The van der Waals surface area contributed by atoms with Crippen molar-refractivity contribution >= 4 is 11.9 Å². The number of esters is 1. The van der Waals surface area contributed by atoms with Gasteiger partial charge in [0.25, 0.3) is 0 Å². The molecule has 1 atom stereocenters. The number of methoxy groups -OCH3 is 1. The number of rotatable bonds is 7. The molecule has 0 radical (unpaired) electrons. The lowest BCUT2D eigenvalue weighted by Gasteiger charge is -2.28. The van der Waals surface area contributed by atoms with Gasteiger partial charge < -0.3 is 19.5 Å². The third-order valence-electron chi connectivity index (χ3n) is 5.20. The largest absolute Gasteiger partial charge is 0.497 e.